The molecule has 0 unspecified atom stereocenters. The summed E-state index contributed by atoms with van der Waals surface area (Å²) in [6, 6.07) is 17.4. The summed E-state index contributed by atoms with van der Waals surface area (Å²) in [7, 11) is 0. The number of amides is 1. The number of aromatic nitrogens is 2. The lowest BCUT2D eigenvalue weighted by molar-refractivity contribution is -0.0617. The molecule has 40 heavy (non-hydrogen) atoms. The first kappa shape index (κ1) is 25.7. The number of nitrogens with one attached hydrogen (secondary N) is 1. The number of hydrogen-bond acceptors (Lipinski definition) is 6. The van der Waals surface area contributed by atoms with Crippen LogP contribution in [0.5, 0.6) is 23.0 Å². The van der Waals surface area contributed by atoms with Gasteiger partial charge in [0.05, 0.1) is 0 Å². The molecule has 2 aliphatic heterocycles. The molecule has 8 nitrogen and oxygen atoms in total. The number of rotatable bonds is 5. The SMILES string of the molecule is CC1(C)Cc2cc(NC(=O)n3cc(-c4cc(OC(F)F)c5c(c4)OC(C)(C)O5)c(-c4ccccc4)n3)ccc2O1. The number of anilines is 1. The Balaban J connectivity index is 1.39. The topological polar surface area (TPSA) is 83.8 Å². The summed E-state index contributed by atoms with van der Waals surface area (Å²) in [6.07, 6.45) is 2.27. The molecule has 1 aromatic heterocycles. The molecule has 0 bridgehead atoms. The molecule has 0 saturated carbocycles. The fourth-order valence-corrected chi connectivity index (χ4v) is 4.99. The van der Waals surface area contributed by atoms with E-state index in [4.69, 9.17) is 18.9 Å². The van der Waals surface area contributed by atoms with Crippen LogP contribution >= 0.6 is 0 Å². The number of halogens is 2. The molecule has 0 atom stereocenters. The zero-order chi connectivity index (χ0) is 28.2. The highest BCUT2D eigenvalue weighted by Crippen LogP contribution is 2.49. The van der Waals surface area contributed by atoms with Gasteiger partial charge in [-0.25, -0.2) is 4.79 Å². The van der Waals surface area contributed by atoms with Gasteiger partial charge >= 0.3 is 12.6 Å². The summed E-state index contributed by atoms with van der Waals surface area (Å²) in [6.45, 7) is 4.29. The normalized spacial score (nSPS) is 16.0. The first-order valence-electron chi connectivity index (χ1n) is 12.8. The molecule has 0 aliphatic carbocycles. The van der Waals surface area contributed by atoms with Crippen molar-refractivity contribution in [2.45, 2.75) is 52.1 Å². The Morgan fingerprint density at radius 1 is 0.975 bits per heavy atom. The molecule has 4 aromatic rings. The number of benzene rings is 3. The van der Waals surface area contributed by atoms with Crippen LogP contribution in [0.1, 0.15) is 33.3 Å². The van der Waals surface area contributed by atoms with Gasteiger partial charge in [0.2, 0.25) is 11.5 Å². The van der Waals surface area contributed by atoms with Crippen LogP contribution in [-0.2, 0) is 6.42 Å². The van der Waals surface area contributed by atoms with Gasteiger partial charge < -0.3 is 24.3 Å². The van der Waals surface area contributed by atoms with E-state index in [1.165, 1.54) is 10.7 Å². The minimum absolute atomic E-state index is 0.0872. The first-order chi connectivity index (χ1) is 19.0. The Morgan fingerprint density at radius 2 is 1.75 bits per heavy atom. The van der Waals surface area contributed by atoms with E-state index in [9.17, 15) is 13.6 Å². The predicted octanol–water partition coefficient (Wildman–Crippen LogP) is 7.12. The van der Waals surface area contributed by atoms with E-state index in [-0.39, 0.29) is 22.8 Å². The highest BCUT2D eigenvalue weighted by atomic mass is 19.3. The monoisotopic (exact) mass is 547 g/mol. The summed E-state index contributed by atoms with van der Waals surface area (Å²) in [5, 5.41) is 7.47. The second-order valence-corrected chi connectivity index (χ2v) is 10.8. The smallest absolute Gasteiger partial charge is 0.387 e. The van der Waals surface area contributed by atoms with Crippen molar-refractivity contribution in [1.82, 2.24) is 9.78 Å². The lowest BCUT2D eigenvalue weighted by Gasteiger charge is -2.16. The molecule has 0 fully saturated rings. The number of ether oxygens (including phenoxy) is 4. The van der Waals surface area contributed by atoms with E-state index in [1.54, 1.807) is 32.2 Å². The molecule has 3 aromatic carbocycles. The van der Waals surface area contributed by atoms with Gasteiger partial charge in [-0.2, -0.15) is 18.6 Å². The summed E-state index contributed by atoms with van der Waals surface area (Å²) < 4.78 is 50.1. The Bertz CT molecular complexity index is 1620. The average Bonchev–Trinajstić information content (AvgIpc) is 3.55. The fourth-order valence-electron chi connectivity index (χ4n) is 4.99. The summed E-state index contributed by atoms with van der Waals surface area (Å²) in [4.78, 5) is 13.3. The zero-order valence-electron chi connectivity index (χ0n) is 22.3. The molecule has 0 spiro atoms. The lowest BCUT2D eigenvalue weighted by atomic mass is 10.0. The molecule has 206 valence electrons. The highest BCUT2D eigenvalue weighted by molar-refractivity contribution is 5.93. The van der Waals surface area contributed by atoms with Gasteiger partial charge in [0.15, 0.2) is 11.5 Å². The molecule has 6 rings (SSSR count). The van der Waals surface area contributed by atoms with Gasteiger partial charge in [-0.3, -0.25) is 0 Å². The Kier molecular flexibility index (Phi) is 5.94. The number of nitrogens with zero attached hydrogens (tertiary/aromatic N) is 2. The van der Waals surface area contributed by atoms with Crippen LogP contribution in [0.15, 0.2) is 66.9 Å². The number of alkyl halides is 2. The van der Waals surface area contributed by atoms with Crippen LogP contribution in [-0.4, -0.2) is 33.8 Å². The Morgan fingerprint density at radius 3 is 2.50 bits per heavy atom. The van der Waals surface area contributed by atoms with Crippen molar-refractivity contribution in [3.63, 3.8) is 0 Å². The van der Waals surface area contributed by atoms with E-state index in [1.807, 2.05) is 56.3 Å². The van der Waals surface area contributed by atoms with Crippen molar-refractivity contribution in [1.29, 1.82) is 0 Å². The van der Waals surface area contributed by atoms with Crippen molar-refractivity contribution >= 4 is 11.7 Å². The summed E-state index contributed by atoms with van der Waals surface area (Å²) in [5.41, 5.74) is 3.48. The van der Waals surface area contributed by atoms with E-state index in [0.717, 1.165) is 23.3 Å². The predicted molar refractivity (Wildman–Crippen MR) is 144 cm³/mol. The highest BCUT2D eigenvalue weighted by Gasteiger charge is 2.36. The van der Waals surface area contributed by atoms with Gasteiger partial charge in [0, 0.05) is 48.8 Å². The molecule has 1 N–H and O–H groups in total. The lowest BCUT2D eigenvalue weighted by Crippen LogP contribution is -2.29. The van der Waals surface area contributed by atoms with E-state index < -0.39 is 18.4 Å². The van der Waals surface area contributed by atoms with E-state index in [0.29, 0.717) is 22.5 Å². The Hall–Kier alpha value is -4.60. The average molecular weight is 548 g/mol. The second-order valence-electron chi connectivity index (χ2n) is 10.8. The standard InChI is InChI=1S/C30H27F2N3O5/c1-29(2)15-19-12-20(10-11-22(19)38-29)33-28(36)35-16-21(25(34-35)17-8-6-5-7-9-17)18-13-23(37-27(31)32)26-24(14-18)39-30(3,4)40-26/h5-14,16,27H,15H2,1-4H3,(H,33,36). The molecular formula is C30H27F2N3O5. The maximum atomic E-state index is 13.3. The van der Waals surface area contributed by atoms with Crippen LogP contribution in [0.3, 0.4) is 0 Å². The molecule has 2 aliphatic rings. The summed E-state index contributed by atoms with van der Waals surface area (Å²) >= 11 is 0. The maximum absolute atomic E-state index is 13.3. The third-order valence-corrected chi connectivity index (χ3v) is 6.54. The molecule has 10 heteroatoms. The van der Waals surface area contributed by atoms with Gasteiger partial charge in [-0.05, 0) is 49.7 Å². The van der Waals surface area contributed by atoms with Crippen LogP contribution in [0, 0.1) is 0 Å². The fraction of sp³-hybridized carbons (Fsp3) is 0.267. The summed E-state index contributed by atoms with van der Waals surface area (Å²) in [5.74, 6) is -0.109. The third-order valence-electron chi connectivity index (χ3n) is 6.54. The van der Waals surface area contributed by atoms with Crippen LogP contribution in [0.2, 0.25) is 0 Å². The minimum Gasteiger partial charge on any atom is -0.487 e. The van der Waals surface area contributed by atoms with Gasteiger partial charge in [-0.1, -0.05) is 30.3 Å². The van der Waals surface area contributed by atoms with Crippen molar-refractivity contribution in [2.24, 2.45) is 0 Å². The zero-order valence-corrected chi connectivity index (χ0v) is 22.3. The van der Waals surface area contributed by atoms with Crippen molar-refractivity contribution in [3.05, 3.63) is 72.4 Å². The maximum Gasteiger partial charge on any atom is 0.387 e. The van der Waals surface area contributed by atoms with Crippen molar-refractivity contribution < 1.29 is 32.5 Å². The van der Waals surface area contributed by atoms with Gasteiger partial charge in [0.25, 0.3) is 0 Å². The first-order valence-corrected chi connectivity index (χ1v) is 12.8. The third kappa shape index (κ3) is 4.92. The number of hydrogen-bond donors (Lipinski definition) is 1. The number of carbonyl (C=O) groups is 1. The molecule has 1 amide bonds. The molecule has 0 radical (unpaired) electrons. The van der Waals surface area contributed by atoms with Gasteiger partial charge in [0.1, 0.15) is 17.0 Å². The van der Waals surface area contributed by atoms with Gasteiger partial charge in [-0.15, -0.1) is 0 Å². The molecule has 3 heterocycles. The quantitative estimate of drug-likeness (QED) is 0.286. The van der Waals surface area contributed by atoms with E-state index >= 15 is 0 Å². The Labute approximate surface area is 229 Å². The van der Waals surface area contributed by atoms with Crippen LogP contribution in [0.4, 0.5) is 19.3 Å². The largest absolute Gasteiger partial charge is 0.487 e. The number of carbonyl (C=O) groups excluding carboxylic acids is 1. The van der Waals surface area contributed by atoms with Crippen LogP contribution < -0.4 is 24.3 Å². The van der Waals surface area contributed by atoms with E-state index in [2.05, 4.69) is 10.4 Å². The second kappa shape index (κ2) is 9.25. The van der Waals surface area contributed by atoms with Crippen molar-refractivity contribution in [3.8, 4) is 45.4 Å². The minimum atomic E-state index is -3.07. The van der Waals surface area contributed by atoms with Crippen LogP contribution in [0.25, 0.3) is 22.4 Å². The number of fused-ring (bicyclic) bond motifs is 2. The molecule has 0 saturated heterocycles. The van der Waals surface area contributed by atoms with Crippen molar-refractivity contribution in [2.75, 3.05) is 5.32 Å². The molecular weight excluding hydrogens is 520 g/mol.